The van der Waals surface area contributed by atoms with E-state index in [4.69, 9.17) is 10.2 Å². The van der Waals surface area contributed by atoms with E-state index in [0.29, 0.717) is 17.6 Å². The van der Waals surface area contributed by atoms with Crippen LogP contribution in [0.5, 0.6) is 0 Å². The minimum Gasteiger partial charge on any atom is -0.469 e. The molecule has 1 amide bonds. The van der Waals surface area contributed by atoms with E-state index in [-0.39, 0.29) is 5.91 Å². The van der Waals surface area contributed by atoms with E-state index < -0.39 is 0 Å². The Morgan fingerprint density at radius 1 is 1.30 bits per heavy atom. The zero-order chi connectivity index (χ0) is 14.1. The highest BCUT2D eigenvalue weighted by Gasteiger charge is 2.32. The number of furan rings is 1. The zero-order valence-electron chi connectivity index (χ0n) is 12.0. The highest BCUT2D eigenvalue weighted by atomic mass is 16.3. The lowest BCUT2D eigenvalue weighted by molar-refractivity contribution is 0.0768. The second kappa shape index (κ2) is 5.58. The molecule has 1 atom stereocenters. The minimum absolute atomic E-state index is 0.0954. The summed E-state index contributed by atoms with van der Waals surface area (Å²) in [7, 11) is 0. The fraction of sp³-hybridized carbons (Fsp3) is 0.667. The van der Waals surface area contributed by atoms with Crippen molar-refractivity contribution in [2.75, 3.05) is 26.2 Å². The van der Waals surface area contributed by atoms with Gasteiger partial charge in [0, 0.05) is 25.2 Å². The monoisotopic (exact) mass is 277 g/mol. The van der Waals surface area contributed by atoms with Crippen LogP contribution in [0.2, 0.25) is 0 Å². The zero-order valence-corrected chi connectivity index (χ0v) is 12.0. The molecule has 20 heavy (non-hydrogen) atoms. The molecule has 2 aliphatic heterocycles. The Morgan fingerprint density at radius 3 is 2.70 bits per heavy atom. The van der Waals surface area contributed by atoms with Crippen LogP contribution in [-0.2, 0) is 0 Å². The molecule has 110 valence electrons. The lowest BCUT2D eigenvalue weighted by Crippen LogP contribution is -2.46. The summed E-state index contributed by atoms with van der Waals surface area (Å²) < 4.78 is 5.23. The first-order valence-electron chi connectivity index (χ1n) is 7.47. The quantitative estimate of drug-likeness (QED) is 0.883. The van der Waals surface area contributed by atoms with Crippen molar-refractivity contribution in [3.63, 3.8) is 0 Å². The molecule has 1 aromatic heterocycles. The predicted molar refractivity (Wildman–Crippen MR) is 76.5 cm³/mol. The number of carbonyl (C=O) groups excluding carboxylic acids is 1. The van der Waals surface area contributed by atoms with Gasteiger partial charge < -0.3 is 15.1 Å². The molecule has 2 N–H and O–H groups in total. The summed E-state index contributed by atoms with van der Waals surface area (Å²) >= 11 is 0. The van der Waals surface area contributed by atoms with Crippen LogP contribution in [0.1, 0.15) is 35.4 Å². The Morgan fingerprint density at radius 2 is 2.05 bits per heavy atom. The van der Waals surface area contributed by atoms with Gasteiger partial charge in [0.25, 0.3) is 5.91 Å². The van der Waals surface area contributed by atoms with Crippen molar-refractivity contribution in [1.82, 2.24) is 9.80 Å². The largest absolute Gasteiger partial charge is 0.469 e. The molecule has 3 rings (SSSR count). The normalized spacial score (nSPS) is 25.3. The summed E-state index contributed by atoms with van der Waals surface area (Å²) in [5.41, 5.74) is 6.62. The van der Waals surface area contributed by atoms with E-state index in [2.05, 4.69) is 4.90 Å². The third kappa shape index (κ3) is 2.74. The number of rotatable bonds is 2. The topological polar surface area (TPSA) is 62.7 Å². The average molecular weight is 277 g/mol. The van der Waals surface area contributed by atoms with Crippen LogP contribution < -0.4 is 5.73 Å². The van der Waals surface area contributed by atoms with Gasteiger partial charge in [-0.25, -0.2) is 0 Å². The van der Waals surface area contributed by atoms with Crippen LogP contribution in [0.4, 0.5) is 0 Å². The summed E-state index contributed by atoms with van der Waals surface area (Å²) in [5.74, 6) is 0.882. The van der Waals surface area contributed by atoms with Crippen molar-refractivity contribution in [1.29, 1.82) is 0 Å². The van der Waals surface area contributed by atoms with E-state index in [1.165, 1.54) is 0 Å². The lowest BCUT2D eigenvalue weighted by atomic mass is 10.0. The standard InChI is InChI=1S/C15H23N3O2/c1-11-8-12(10-20-11)15(19)18-7-4-14(9-18)17-5-2-13(16)3-6-17/h8,10,13-14H,2-7,9,16H2,1H3. The van der Waals surface area contributed by atoms with Crippen molar-refractivity contribution in [3.8, 4) is 0 Å². The summed E-state index contributed by atoms with van der Waals surface area (Å²) in [6, 6.07) is 2.67. The highest BCUT2D eigenvalue weighted by molar-refractivity contribution is 5.94. The van der Waals surface area contributed by atoms with Gasteiger partial charge >= 0.3 is 0 Å². The highest BCUT2D eigenvalue weighted by Crippen LogP contribution is 2.22. The van der Waals surface area contributed by atoms with Crippen LogP contribution in [-0.4, -0.2) is 54.0 Å². The van der Waals surface area contributed by atoms with E-state index in [1.807, 2.05) is 17.9 Å². The smallest absolute Gasteiger partial charge is 0.257 e. The van der Waals surface area contributed by atoms with Crippen molar-refractivity contribution >= 4 is 5.91 Å². The number of amides is 1. The third-order valence-electron chi connectivity index (χ3n) is 4.52. The first-order chi connectivity index (χ1) is 9.63. The Balaban J connectivity index is 1.58. The van der Waals surface area contributed by atoms with E-state index >= 15 is 0 Å². The molecular weight excluding hydrogens is 254 g/mol. The predicted octanol–water partition coefficient (Wildman–Crippen LogP) is 1.23. The van der Waals surface area contributed by atoms with Gasteiger partial charge in [-0.05, 0) is 45.3 Å². The number of likely N-dealkylation sites (tertiary alicyclic amines) is 2. The maximum absolute atomic E-state index is 12.4. The van der Waals surface area contributed by atoms with Crippen LogP contribution in [0.3, 0.4) is 0 Å². The van der Waals surface area contributed by atoms with Crippen molar-refractivity contribution in [3.05, 3.63) is 23.7 Å². The summed E-state index contributed by atoms with van der Waals surface area (Å²) in [6.45, 7) is 5.67. The molecule has 0 aliphatic carbocycles. The van der Waals surface area contributed by atoms with Crippen LogP contribution >= 0.6 is 0 Å². The number of carbonyl (C=O) groups is 1. The number of nitrogens with zero attached hydrogens (tertiary/aromatic N) is 2. The maximum Gasteiger partial charge on any atom is 0.257 e. The van der Waals surface area contributed by atoms with Crippen LogP contribution in [0.25, 0.3) is 0 Å². The van der Waals surface area contributed by atoms with Crippen molar-refractivity contribution in [2.45, 2.75) is 38.3 Å². The van der Waals surface area contributed by atoms with Gasteiger partial charge in [-0.15, -0.1) is 0 Å². The van der Waals surface area contributed by atoms with Gasteiger partial charge in [0.1, 0.15) is 12.0 Å². The SMILES string of the molecule is Cc1cc(C(=O)N2CCC(N3CCC(N)CC3)C2)co1. The average Bonchev–Trinajstić information content (AvgIpc) is 3.08. The van der Waals surface area contributed by atoms with Crippen LogP contribution in [0, 0.1) is 6.92 Å². The Hall–Kier alpha value is -1.33. The lowest BCUT2D eigenvalue weighted by Gasteiger charge is -2.34. The molecule has 1 unspecified atom stereocenters. The molecule has 0 bridgehead atoms. The minimum atomic E-state index is 0.0954. The molecular formula is C15H23N3O2. The van der Waals surface area contributed by atoms with Crippen molar-refractivity contribution < 1.29 is 9.21 Å². The van der Waals surface area contributed by atoms with Gasteiger partial charge in [-0.1, -0.05) is 0 Å². The van der Waals surface area contributed by atoms with Crippen LogP contribution in [0.15, 0.2) is 16.7 Å². The Labute approximate surface area is 119 Å². The number of aryl methyl sites for hydroxylation is 1. The molecule has 0 saturated carbocycles. The number of hydrogen-bond acceptors (Lipinski definition) is 4. The molecule has 1 aromatic rings. The first kappa shape index (κ1) is 13.6. The Kier molecular flexibility index (Phi) is 3.81. The molecule has 5 heteroatoms. The molecule has 5 nitrogen and oxygen atoms in total. The summed E-state index contributed by atoms with van der Waals surface area (Å²) in [5, 5.41) is 0. The second-order valence-corrected chi connectivity index (χ2v) is 6.01. The molecule has 2 fully saturated rings. The van der Waals surface area contributed by atoms with Gasteiger partial charge in [-0.2, -0.15) is 0 Å². The maximum atomic E-state index is 12.4. The summed E-state index contributed by atoms with van der Waals surface area (Å²) in [6.07, 6.45) is 4.78. The van der Waals surface area contributed by atoms with Gasteiger partial charge in [-0.3, -0.25) is 9.69 Å². The number of hydrogen-bond donors (Lipinski definition) is 1. The number of nitrogens with two attached hydrogens (primary N) is 1. The van der Waals surface area contributed by atoms with Gasteiger partial charge in [0.05, 0.1) is 5.56 Å². The molecule has 2 saturated heterocycles. The van der Waals surface area contributed by atoms with E-state index in [9.17, 15) is 4.79 Å². The fourth-order valence-electron chi connectivity index (χ4n) is 3.25. The number of piperidine rings is 1. The summed E-state index contributed by atoms with van der Waals surface area (Å²) in [4.78, 5) is 16.8. The molecule has 3 heterocycles. The molecule has 0 radical (unpaired) electrons. The first-order valence-corrected chi connectivity index (χ1v) is 7.47. The van der Waals surface area contributed by atoms with Gasteiger partial charge in [0.2, 0.25) is 0 Å². The van der Waals surface area contributed by atoms with E-state index in [0.717, 1.165) is 51.2 Å². The molecule has 0 aromatic carbocycles. The van der Waals surface area contributed by atoms with Gasteiger partial charge in [0.15, 0.2) is 0 Å². The second-order valence-electron chi connectivity index (χ2n) is 6.01. The van der Waals surface area contributed by atoms with Crippen molar-refractivity contribution in [2.24, 2.45) is 5.73 Å². The third-order valence-corrected chi connectivity index (χ3v) is 4.52. The van der Waals surface area contributed by atoms with E-state index in [1.54, 1.807) is 6.26 Å². The Bertz CT molecular complexity index is 477. The molecule has 0 spiro atoms. The fourth-order valence-corrected chi connectivity index (χ4v) is 3.25. The molecule has 2 aliphatic rings.